The van der Waals surface area contributed by atoms with E-state index in [-0.39, 0.29) is 0 Å². The zero-order valence-corrected chi connectivity index (χ0v) is 10.1. The van der Waals surface area contributed by atoms with E-state index in [1.165, 1.54) is 25.1 Å². The molecule has 0 aliphatic carbocycles. The number of hydrogen-bond donors (Lipinski definition) is 1. The standard InChI is InChI=1S/C12H22N4/c1-2-8-16-12(5-7-14-16)11-4-3-9-15(11)10-6-13/h5,7,11H,2-4,6,8-10,13H2,1H3. The summed E-state index contributed by atoms with van der Waals surface area (Å²) in [5, 5.41) is 4.40. The third-order valence-corrected chi connectivity index (χ3v) is 3.31. The topological polar surface area (TPSA) is 47.1 Å². The Bertz CT molecular complexity index is 321. The van der Waals surface area contributed by atoms with Crippen molar-refractivity contribution in [2.45, 2.75) is 38.8 Å². The van der Waals surface area contributed by atoms with E-state index in [1.807, 2.05) is 6.20 Å². The van der Waals surface area contributed by atoms with Gasteiger partial charge in [-0.1, -0.05) is 6.92 Å². The van der Waals surface area contributed by atoms with Crippen molar-refractivity contribution in [2.75, 3.05) is 19.6 Å². The summed E-state index contributed by atoms with van der Waals surface area (Å²) in [6, 6.07) is 2.70. The van der Waals surface area contributed by atoms with Gasteiger partial charge in [-0.25, -0.2) is 0 Å². The van der Waals surface area contributed by atoms with Gasteiger partial charge < -0.3 is 5.73 Å². The Labute approximate surface area is 97.4 Å². The Morgan fingerprint density at radius 2 is 2.38 bits per heavy atom. The highest BCUT2D eigenvalue weighted by Crippen LogP contribution is 2.31. The molecule has 0 spiro atoms. The molecule has 0 radical (unpaired) electrons. The molecule has 1 atom stereocenters. The largest absolute Gasteiger partial charge is 0.329 e. The quantitative estimate of drug-likeness (QED) is 0.819. The van der Waals surface area contributed by atoms with Crippen molar-refractivity contribution in [3.05, 3.63) is 18.0 Å². The van der Waals surface area contributed by atoms with Crippen molar-refractivity contribution < 1.29 is 0 Å². The second kappa shape index (κ2) is 5.46. The molecule has 1 aliphatic rings. The zero-order chi connectivity index (χ0) is 11.4. The summed E-state index contributed by atoms with van der Waals surface area (Å²) in [7, 11) is 0. The molecule has 16 heavy (non-hydrogen) atoms. The fourth-order valence-electron chi connectivity index (χ4n) is 2.62. The van der Waals surface area contributed by atoms with Crippen molar-refractivity contribution in [1.82, 2.24) is 14.7 Å². The number of aromatic nitrogens is 2. The number of nitrogens with zero attached hydrogens (tertiary/aromatic N) is 3. The first-order valence-corrected chi connectivity index (χ1v) is 6.32. The second-order valence-electron chi connectivity index (χ2n) is 4.46. The number of rotatable bonds is 5. The van der Waals surface area contributed by atoms with E-state index in [1.54, 1.807) is 0 Å². The van der Waals surface area contributed by atoms with Crippen LogP contribution in [0.15, 0.2) is 12.3 Å². The van der Waals surface area contributed by atoms with Gasteiger partial charge in [-0.05, 0) is 31.9 Å². The minimum absolute atomic E-state index is 0.539. The molecule has 2 heterocycles. The molecule has 1 aliphatic heterocycles. The van der Waals surface area contributed by atoms with E-state index in [0.29, 0.717) is 6.04 Å². The van der Waals surface area contributed by atoms with Crippen LogP contribution in [0.5, 0.6) is 0 Å². The highest BCUT2D eigenvalue weighted by molar-refractivity contribution is 5.09. The van der Waals surface area contributed by atoms with Gasteiger partial charge in [0.15, 0.2) is 0 Å². The number of aryl methyl sites for hydroxylation is 1. The van der Waals surface area contributed by atoms with Crippen LogP contribution in [0.1, 0.15) is 37.9 Å². The average molecular weight is 222 g/mol. The monoisotopic (exact) mass is 222 g/mol. The summed E-state index contributed by atoms with van der Waals surface area (Å²) < 4.78 is 2.15. The van der Waals surface area contributed by atoms with Crippen LogP contribution < -0.4 is 5.73 Å². The van der Waals surface area contributed by atoms with E-state index < -0.39 is 0 Å². The Morgan fingerprint density at radius 3 is 3.12 bits per heavy atom. The van der Waals surface area contributed by atoms with Gasteiger partial charge in [0.1, 0.15) is 0 Å². The summed E-state index contributed by atoms with van der Waals surface area (Å²) >= 11 is 0. The van der Waals surface area contributed by atoms with Gasteiger partial charge in [0.2, 0.25) is 0 Å². The lowest BCUT2D eigenvalue weighted by Crippen LogP contribution is -2.30. The van der Waals surface area contributed by atoms with Crippen LogP contribution in [-0.4, -0.2) is 34.3 Å². The van der Waals surface area contributed by atoms with Crippen molar-refractivity contribution >= 4 is 0 Å². The SMILES string of the molecule is CCCn1nccc1C1CCCN1CCN. The maximum absolute atomic E-state index is 5.66. The molecule has 4 heteroatoms. The molecule has 0 amide bonds. The second-order valence-corrected chi connectivity index (χ2v) is 4.46. The molecule has 1 saturated heterocycles. The maximum Gasteiger partial charge on any atom is 0.0555 e. The Morgan fingerprint density at radius 1 is 1.50 bits per heavy atom. The lowest BCUT2D eigenvalue weighted by molar-refractivity contribution is 0.252. The Hall–Kier alpha value is -0.870. The number of likely N-dealkylation sites (tertiary alicyclic amines) is 1. The van der Waals surface area contributed by atoms with E-state index >= 15 is 0 Å². The Balaban J connectivity index is 2.12. The van der Waals surface area contributed by atoms with Crippen molar-refractivity contribution in [3.63, 3.8) is 0 Å². The van der Waals surface area contributed by atoms with Crippen LogP contribution in [0.2, 0.25) is 0 Å². The smallest absolute Gasteiger partial charge is 0.0555 e. The fraction of sp³-hybridized carbons (Fsp3) is 0.750. The lowest BCUT2D eigenvalue weighted by atomic mass is 10.1. The van der Waals surface area contributed by atoms with Gasteiger partial charge in [-0.3, -0.25) is 9.58 Å². The third kappa shape index (κ3) is 2.28. The van der Waals surface area contributed by atoms with Crippen LogP contribution in [-0.2, 0) is 6.54 Å². The van der Waals surface area contributed by atoms with Crippen molar-refractivity contribution in [2.24, 2.45) is 5.73 Å². The lowest BCUT2D eigenvalue weighted by Gasteiger charge is -2.24. The number of hydrogen-bond acceptors (Lipinski definition) is 3. The predicted molar refractivity (Wildman–Crippen MR) is 65.1 cm³/mol. The summed E-state index contributed by atoms with van der Waals surface area (Å²) in [6.07, 6.45) is 5.58. The van der Waals surface area contributed by atoms with Gasteiger partial charge in [-0.15, -0.1) is 0 Å². The van der Waals surface area contributed by atoms with Gasteiger partial charge in [0.25, 0.3) is 0 Å². The summed E-state index contributed by atoms with van der Waals surface area (Å²) in [5.74, 6) is 0. The normalized spacial score (nSPS) is 21.8. The molecular formula is C12H22N4. The van der Waals surface area contributed by atoms with Crippen LogP contribution in [0, 0.1) is 0 Å². The first-order valence-electron chi connectivity index (χ1n) is 6.32. The highest BCUT2D eigenvalue weighted by Gasteiger charge is 2.27. The molecular weight excluding hydrogens is 200 g/mol. The molecule has 2 N–H and O–H groups in total. The van der Waals surface area contributed by atoms with Crippen LogP contribution >= 0.6 is 0 Å². The molecule has 1 fully saturated rings. The van der Waals surface area contributed by atoms with Gasteiger partial charge in [-0.2, -0.15) is 5.10 Å². The van der Waals surface area contributed by atoms with E-state index in [9.17, 15) is 0 Å². The van der Waals surface area contributed by atoms with Crippen LogP contribution in [0.25, 0.3) is 0 Å². The molecule has 0 saturated carbocycles. The first-order chi connectivity index (χ1) is 7.86. The molecule has 1 aromatic rings. The third-order valence-electron chi connectivity index (χ3n) is 3.31. The molecule has 90 valence electrons. The highest BCUT2D eigenvalue weighted by atomic mass is 15.3. The summed E-state index contributed by atoms with van der Waals surface area (Å²) in [6.45, 7) is 6.15. The van der Waals surface area contributed by atoms with Crippen molar-refractivity contribution in [1.29, 1.82) is 0 Å². The molecule has 0 aromatic carbocycles. The van der Waals surface area contributed by atoms with Crippen LogP contribution in [0.3, 0.4) is 0 Å². The molecule has 1 aromatic heterocycles. The Kier molecular flexibility index (Phi) is 3.96. The van der Waals surface area contributed by atoms with E-state index in [0.717, 1.165) is 26.1 Å². The van der Waals surface area contributed by atoms with Gasteiger partial charge in [0.05, 0.1) is 11.7 Å². The predicted octanol–water partition coefficient (Wildman–Crippen LogP) is 1.39. The summed E-state index contributed by atoms with van der Waals surface area (Å²) in [5.41, 5.74) is 7.02. The summed E-state index contributed by atoms with van der Waals surface area (Å²) in [4.78, 5) is 2.49. The van der Waals surface area contributed by atoms with E-state index in [2.05, 4.69) is 27.7 Å². The van der Waals surface area contributed by atoms with Gasteiger partial charge in [0, 0.05) is 25.8 Å². The molecule has 1 unspecified atom stereocenters. The minimum Gasteiger partial charge on any atom is -0.329 e. The zero-order valence-electron chi connectivity index (χ0n) is 10.1. The number of nitrogens with two attached hydrogens (primary N) is 1. The molecule has 0 bridgehead atoms. The van der Waals surface area contributed by atoms with E-state index in [4.69, 9.17) is 5.73 Å². The molecule has 2 rings (SSSR count). The average Bonchev–Trinajstić information content (AvgIpc) is 2.87. The van der Waals surface area contributed by atoms with Crippen molar-refractivity contribution in [3.8, 4) is 0 Å². The first kappa shape index (κ1) is 11.6. The maximum atomic E-state index is 5.66. The molecule has 4 nitrogen and oxygen atoms in total. The van der Waals surface area contributed by atoms with Gasteiger partial charge >= 0.3 is 0 Å². The minimum atomic E-state index is 0.539. The van der Waals surface area contributed by atoms with Crippen LogP contribution in [0.4, 0.5) is 0 Å². The fourth-order valence-corrected chi connectivity index (χ4v) is 2.62.